The van der Waals surface area contributed by atoms with Gasteiger partial charge in [0.05, 0.1) is 24.3 Å². The van der Waals surface area contributed by atoms with Crippen molar-refractivity contribution in [2.45, 2.75) is 124 Å². The SMILES string of the molecule is CCC(CC)O[C@@H]1CC(C)=C[C@H](N=C(NC(=O)OC(C)(C)C)NC(=O)OC(C)(C)C)[C@H]1NC(C)=O. The molecular formula is C25H44N4O6. The molecule has 0 saturated heterocycles. The van der Waals surface area contributed by atoms with Gasteiger partial charge in [0.1, 0.15) is 11.2 Å². The number of hydrogen-bond acceptors (Lipinski definition) is 7. The third kappa shape index (κ3) is 12.1. The highest BCUT2D eigenvalue weighted by Gasteiger charge is 2.36. The molecule has 1 aliphatic carbocycles. The van der Waals surface area contributed by atoms with E-state index in [1.807, 2.05) is 13.0 Å². The first-order valence-electron chi connectivity index (χ1n) is 12.2. The third-order valence-corrected chi connectivity index (χ3v) is 4.91. The standard InChI is InChI=1S/C25H44N4O6/c1-11-17(12-2)33-19-14-15(3)13-18(20(19)26-16(4)30)27-21(28-22(31)34-24(5,6)7)29-23(32)35-25(8,9)10/h13,17-20H,11-12,14H2,1-10H3,(H,26,30)(H2,27,28,29,31,32)/t18-,19+,20+/m0/s1. The Morgan fingerprint density at radius 2 is 1.49 bits per heavy atom. The number of carbonyl (C=O) groups excluding carboxylic acids is 3. The van der Waals surface area contributed by atoms with E-state index in [4.69, 9.17) is 14.2 Å². The summed E-state index contributed by atoms with van der Waals surface area (Å²) < 4.78 is 17.0. The van der Waals surface area contributed by atoms with E-state index in [1.54, 1.807) is 41.5 Å². The molecule has 3 atom stereocenters. The van der Waals surface area contributed by atoms with Crippen molar-refractivity contribution in [1.82, 2.24) is 16.0 Å². The number of rotatable bonds is 6. The topological polar surface area (TPSA) is 127 Å². The second-order valence-electron chi connectivity index (χ2n) is 10.8. The molecule has 1 rings (SSSR count). The summed E-state index contributed by atoms with van der Waals surface area (Å²) in [4.78, 5) is 41.6. The van der Waals surface area contributed by atoms with E-state index in [0.29, 0.717) is 6.42 Å². The van der Waals surface area contributed by atoms with Crippen LogP contribution in [0, 0.1) is 0 Å². The molecule has 0 unspecified atom stereocenters. The predicted octanol–water partition coefficient (Wildman–Crippen LogP) is 4.19. The zero-order valence-corrected chi connectivity index (χ0v) is 22.9. The number of ether oxygens (including phenoxy) is 3. The van der Waals surface area contributed by atoms with Crippen LogP contribution >= 0.6 is 0 Å². The van der Waals surface area contributed by atoms with Crippen molar-refractivity contribution in [3.05, 3.63) is 11.6 Å². The Bertz CT molecular complexity index is 774. The molecule has 10 nitrogen and oxygen atoms in total. The largest absolute Gasteiger partial charge is 0.444 e. The molecule has 0 aromatic heterocycles. The lowest BCUT2D eigenvalue weighted by Gasteiger charge is -2.37. The van der Waals surface area contributed by atoms with Crippen molar-refractivity contribution < 1.29 is 28.6 Å². The Morgan fingerprint density at radius 3 is 1.89 bits per heavy atom. The van der Waals surface area contributed by atoms with Gasteiger partial charge in [-0.2, -0.15) is 0 Å². The molecule has 0 aromatic rings. The monoisotopic (exact) mass is 496 g/mol. The van der Waals surface area contributed by atoms with E-state index >= 15 is 0 Å². The number of amides is 3. The van der Waals surface area contributed by atoms with Crippen LogP contribution in [0.15, 0.2) is 16.6 Å². The lowest BCUT2D eigenvalue weighted by molar-refractivity contribution is -0.122. The van der Waals surface area contributed by atoms with Gasteiger partial charge in [-0.05, 0) is 67.7 Å². The number of alkyl carbamates (subject to hydrolysis) is 2. The Labute approximate surface area is 209 Å². The summed E-state index contributed by atoms with van der Waals surface area (Å²) in [6.45, 7) is 17.9. The normalized spacial score (nSPS) is 20.4. The quantitative estimate of drug-likeness (QED) is 0.287. The summed E-state index contributed by atoms with van der Waals surface area (Å²) in [6.07, 6.45) is 2.32. The zero-order valence-electron chi connectivity index (χ0n) is 22.9. The lowest BCUT2D eigenvalue weighted by Crippen LogP contribution is -2.54. The fourth-order valence-corrected chi connectivity index (χ4v) is 3.56. The average Bonchev–Trinajstić information content (AvgIpc) is 2.64. The Kier molecular flexibility index (Phi) is 11.2. The lowest BCUT2D eigenvalue weighted by atomic mass is 9.89. The van der Waals surface area contributed by atoms with Gasteiger partial charge >= 0.3 is 12.2 Å². The van der Waals surface area contributed by atoms with Gasteiger partial charge in [0.2, 0.25) is 11.9 Å². The molecule has 3 amide bonds. The fourth-order valence-electron chi connectivity index (χ4n) is 3.56. The van der Waals surface area contributed by atoms with Crippen LogP contribution in [0.5, 0.6) is 0 Å². The molecule has 0 radical (unpaired) electrons. The molecule has 0 fully saturated rings. The van der Waals surface area contributed by atoms with E-state index in [1.165, 1.54) is 6.92 Å². The minimum atomic E-state index is -0.787. The number of carbonyl (C=O) groups is 3. The van der Waals surface area contributed by atoms with Crippen LogP contribution in [-0.2, 0) is 19.0 Å². The van der Waals surface area contributed by atoms with E-state index in [9.17, 15) is 14.4 Å². The first-order valence-corrected chi connectivity index (χ1v) is 12.2. The molecule has 0 saturated carbocycles. The van der Waals surface area contributed by atoms with Crippen LogP contribution in [0.4, 0.5) is 9.59 Å². The number of nitrogens with one attached hydrogen (secondary N) is 3. The van der Waals surface area contributed by atoms with Crippen LogP contribution in [0.25, 0.3) is 0 Å². The summed E-state index contributed by atoms with van der Waals surface area (Å²) in [7, 11) is 0. The van der Waals surface area contributed by atoms with E-state index in [0.717, 1.165) is 18.4 Å². The molecule has 200 valence electrons. The summed E-state index contributed by atoms with van der Waals surface area (Å²) in [5.41, 5.74) is -0.490. The van der Waals surface area contributed by atoms with Gasteiger partial charge in [0.15, 0.2) is 0 Å². The van der Waals surface area contributed by atoms with E-state index in [2.05, 4.69) is 34.8 Å². The first kappa shape index (κ1) is 30.4. The second-order valence-corrected chi connectivity index (χ2v) is 10.8. The van der Waals surface area contributed by atoms with Crippen LogP contribution < -0.4 is 16.0 Å². The maximum Gasteiger partial charge on any atom is 0.414 e. The van der Waals surface area contributed by atoms with Crippen LogP contribution in [-0.4, -0.2) is 59.5 Å². The van der Waals surface area contributed by atoms with Crippen molar-refractivity contribution in [2.75, 3.05) is 0 Å². The molecule has 0 aliphatic heterocycles. The van der Waals surface area contributed by atoms with Crippen molar-refractivity contribution in [3.63, 3.8) is 0 Å². The summed E-state index contributed by atoms with van der Waals surface area (Å²) >= 11 is 0. The smallest absolute Gasteiger partial charge is 0.414 e. The van der Waals surface area contributed by atoms with Gasteiger partial charge in [-0.1, -0.05) is 25.5 Å². The summed E-state index contributed by atoms with van der Waals surface area (Å²) in [5, 5.41) is 7.94. The maximum absolute atomic E-state index is 12.5. The molecule has 3 N–H and O–H groups in total. The van der Waals surface area contributed by atoms with Crippen LogP contribution in [0.1, 0.15) is 88.5 Å². The third-order valence-electron chi connectivity index (χ3n) is 4.91. The van der Waals surface area contributed by atoms with Crippen LogP contribution in [0.3, 0.4) is 0 Å². The number of hydrogen-bond donors (Lipinski definition) is 3. The van der Waals surface area contributed by atoms with Gasteiger partial charge in [0.25, 0.3) is 0 Å². The highest BCUT2D eigenvalue weighted by Crippen LogP contribution is 2.26. The fraction of sp³-hybridized carbons (Fsp3) is 0.760. The minimum Gasteiger partial charge on any atom is -0.444 e. The number of aliphatic imine (C=N–C) groups is 1. The Morgan fingerprint density at radius 1 is 1.00 bits per heavy atom. The molecule has 0 bridgehead atoms. The number of nitrogens with zero attached hydrogens (tertiary/aromatic N) is 1. The molecule has 0 spiro atoms. The van der Waals surface area contributed by atoms with Gasteiger partial charge in [-0.3, -0.25) is 15.4 Å². The number of guanidine groups is 1. The van der Waals surface area contributed by atoms with Crippen molar-refractivity contribution in [1.29, 1.82) is 0 Å². The molecule has 1 aliphatic rings. The summed E-state index contributed by atoms with van der Waals surface area (Å²) in [5.74, 6) is -0.385. The van der Waals surface area contributed by atoms with Crippen molar-refractivity contribution in [3.8, 4) is 0 Å². The van der Waals surface area contributed by atoms with Gasteiger partial charge in [-0.25, -0.2) is 14.6 Å². The predicted molar refractivity (Wildman–Crippen MR) is 135 cm³/mol. The van der Waals surface area contributed by atoms with E-state index in [-0.39, 0.29) is 24.1 Å². The highest BCUT2D eigenvalue weighted by atomic mass is 16.6. The van der Waals surface area contributed by atoms with Gasteiger partial charge in [0, 0.05) is 6.92 Å². The zero-order chi connectivity index (χ0) is 27.0. The maximum atomic E-state index is 12.5. The molecule has 0 aromatic carbocycles. The van der Waals surface area contributed by atoms with Gasteiger partial charge < -0.3 is 19.5 Å². The summed E-state index contributed by atoms with van der Waals surface area (Å²) in [6, 6.07) is -1.13. The van der Waals surface area contributed by atoms with E-state index < -0.39 is 35.5 Å². The molecule has 0 heterocycles. The molecule has 10 heteroatoms. The first-order chi connectivity index (χ1) is 16.0. The highest BCUT2D eigenvalue weighted by molar-refractivity contribution is 6.01. The second kappa shape index (κ2) is 12.9. The van der Waals surface area contributed by atoms with Crippen molar-refractivity contribution in [2.24, 2.45) is 4.99 Å². The average molecular weight is 497 g/mol. The molecule has 35 heavy (non-hydrogen) atoms. The Balaban J connectivity index is 3.35. The van der Waals surface area contributed by atoms with Gasteiger partial charge in [-0.15, -0.1) is 0 Å². The molecular weight excluding hydrogens is 452 g/mol. The minimum absolute atomic E-state index is 0.0334. The van der Waals surface area contributed by atoms with Crippen LogP contribution in [0.2, 0.25) is 0 Å². The Hall–Kier alpha value is -2.62. The van der Waals surface area contributed by atoms with Crippen molar-refractivity contribution >= 4 is 24.1 Å².